The number of carbonyl (C=O) groups is 3. The van der Waals surface area contributed by atoms with Crippen molar-refractivity contribution < 1.29 is 23.6 Å². The molecule has 0 bridgehead atoms. The number of nitrogens with one attached hydrogen (secondary N) is 2. The van der Waals surface area contributed by atoms with Gasteiger partial charge < -0.3 is 14.6 Å². The highest BCUT2D eigenvalue weighted by atomic mass is 32.1. The summed E-state index contributed by atoms with van der Waals surface area (Å²) >= 11 is 1.52. The molecule has 2 heterocycles. The number of ether oxygens (including phenoxy) is 1. The number of aryl methyl sites for hydroxylation is 1. The lowest BCUT2D eigenvalue weighted by Gasteiger charge is -2.08. The van der Waals surface area contributed by atoms with Crippen molar-refractivity contribution in [2.24, 2.45) is 5.92 Å². The van der Waals surface area contributed by atoms with Crippen LogP contribution in [-0.2, 0) is 20.7 Å². The Hall–Kier alpha value is -2.75. The van der Waals surface area contributed by atoms with Gasteiger partial charge in [-0.15, -0.1) is 0 Å². The van der Waals surface area contributed by atoms with Crippen LogP contribution in [0.15, 0.2) is 21.3 Å². The molecule has 0 atom stereocenters. The lowest BCUT2D eigenvalue weighted by Crippen LogP contribution is -2.42. The monoisotopic (exact) mass is 380 g/mol. The third kappa shape index (κ3) is 6.63. The number of hydrogen-bond donors (Lipinski definition) is 2. The van der Waals surface area contributed by atoms with Gasteiger partial charge in [0.15, 0.2) is 6.61 Å². The van der Waals surface area contributed by atoms with E-state index in [1.807, 2.05) is 30.7 Å². The van der Waals surface area contributed by atoms with Crippen LogP contribution in [0.3, 0.4) is 0 Å². The zero-order chi connectivity index (χ0) is 18.9. The molecular weight excluding hydrogens is 360 g/mol. The maximum Gasteiger partial charge on any atom is 0.321 e. The molecule has 0 aromatic carbocycles. The standard InChI is InChI=1S/C16H20N4O5S/c1-10(2)7-17-16(23)18-12(21)8-24-14(22)4-3-13-19-15(20-25-13)11-5-6-26-9-11/h5-6,9-10H,3-4,7-8H2,1-2H3,(H2,17,18,21,23). The number of carbonyl (C=O) groups excluding carboxylic acids is 3. The van der Waals surface area contributed by atoms with Crippen LogP contribution in [0, 0.1) is 5.92 Å². The molecule has 0 unspecified atom stereocenters. The van der Waals surface area contributed by atoms with Crippen LogP contribution in [-0.4, -0.2) is 41.2 Å². The highest BCUT2D eigenvalue weighted by molar-refractivity contribution is 7.08. The molecule has 2 N–H and O–H groups in total. The van der Waals surface area contributed by atoms with Gasteiger partial charge in [0.25, 0.3) is 5.91 Å². The van der Waals surface area contributed by atoms with E-state index in [0.29, 0.717) is 18.3 Å². The summed E-state index contributed by atoms with van der Waals surface area (Å²) in [5, 5.41) is 12.2. The molecule has 0 aliphatic carbocycles. The number of hydrogen-bond acceptors (Lipinski definition) is 8. The second-order valence-corrected chi connectivity index (χ2v) is 6.62. The van der Waals surface area contributed by atoms with Crippen LogP contribution in [0.5, 0.6) is 0 Å². The molecule has 0 fully saturated rings. The quantitative estimate of drug-likeness (QED) is 0.669. The molecule has 9 nitrogen and oxygen atoms in total. The van der Waals surface area contributed by atoms with Crippen LogP contribution in [0.4, 0.5) is 4.79 Å². The average Bonchev–Trinajstić information content (AvgIpc) is 3.27. The first kappa shape index (κ1) is 19.6. The summed E-state index contributed by atoms with van der Waals surface area (Å²) in [6.07, 6.45) is 0.185. The SMILES string of the molecule is CC(C)CNC(=O)NC(=O)COC(=O)CCc1nc(-c2ccsc2)no1. The zero-order valence-corrected chi connectivity index (χ0v) is 15.3. The Bertz CT molecular complexity index is 742. The summed E-state index contributed by atoms with van der Waals surface area (Å²) in [4.78, 5) is 38.8. The molecule has 140 valence electrons. The second kappa shape index (κ2) is 9.66. The third-order valence-electron chi connectivity index (χ3n) is 3.08. The molecule has 0 spiro atoms. The summed E-state index contributed by atoms with van der Waals surface area (Å²) in [6, 6.07) is 1.25. The van der Waals surface area contributed by atoms with Crippen LogP contribution in [0.25, 0.3) is 11.4 Å². The summed E-state index contributed by atoms with van der Waals surface area (Å²) < 4.78 is 9.88. The molecule has 2 aromatic rings. The van der Waals surface area contributed by atoms with Crippen molar-refractivity contribution >= 4 is 29.2 Å². The van der Waals surface area contributed by atoms with E-state index in [4.69, 9.17) is 9.26 Å². The van der Waals surface area contributed by atoms with E-state index in [9.17, 15) is 14.4 Å². The molecule has 26 heavy (non-hydrogen) atoms. The number of imide groups is 1. The highest BCUT2D eigenvalue weighted by Crippen LogP contribution is 2.18. The average molecular weight is 380 g/mol. The van der Waals surface area contributed by atoms with Gasteiger partial charge in [0, 0.05) is 23.9 Å². The minimum atomic E-state index is -0.697. The van der Waals surface area contributed by atoms with Crippen LogP contribution in [0.2, 0.25) is 0 Å². The molecule has 0 aliphatic rings. The fourth-order valence-electron chi connectivity index (χ4n) is 1.80. The lowest BCUT2D eigenvalue weighted by atomic mass is 10.2. The number of urea groups is 1. The Morgan fingerprint density at radius 2 is 2.15 bits per heavy atom. The van der Waals surface area contributed by atoms with Gasteiger partial charge in [-0.2, -0.15) is 16.3 Å². The third-order valence-corrected chi connectivity index (χ3v) is 3.76. The first-order chi connectivity index (χ1) is 12.4. The van der Waals surface area contributed by atoms with E-state index in [0.717, 1.165) is 5.56 Å². The highest BCUT2D eigenvalue weighted by Gasteiger charge is 2.14. The Morgan fingerprint density at radius 1 is 1.35 bits per heavy atom. The predicted molar refractivity (Wildman–Crippen MR) is 93.3 cm³/mol. The number of amides is 3. The number of rotatable bonds is 8. The van der Waals surface area contributed by atoms with E-state index >= 15 is 0 Å². The maximum atomic E-state index is 11.7. The normalized spacial score (nSPS) is 10.6. The number of aromatic nitrogens is 2. The second-order valence-electron chi connectivity index (χ2n) is 5.84. The molecule has 2 rings (SSSR count). The number of nitrogens with zero attached hydrogens (tertiary/aromatic N) is 2. The molecular formula is C16H20N4O5S. The Kier molecular flexibility index (Phi) is 7.27. The van der Waals surface area contributed by atoms with E-state index < -0.39 is 24.5 Å². The Morgan fingerprint density at radius 3 is 2.85 bits per heavy atom. The van der Waals surface area contributed by atoms with Gasteiger partial charge in [0.05, 0.1) is 6.42 Å². The van der Waals surface area contributed by atoms with Crippen molar-refractivity contribution in [3.05, 3.63) is 22.7 Å². The van der Waals surface area contributed by atoms with Crippen molar-refractivity contribution in [1.82, 2.24) is 20.8 Å². The molecule has 3 amide bonds. The van der Waals surface area contributed by atoms with Gasteiger partial charge in [-0.05, 0) is 17.4 Å². The van der Waals surface area contributed by atoms with Crippen molar-refractivity contribution in [2.75, 3.05) is 13.2 Å². The Balaban J connectivity index is 1.66. The predicted octanol–water partition coefficient (Wildman–Crippen LogP) is 1.76. The van der Waals surface area contributed by atoms with Gasteiger partial charge >= 0.3 is 12.0 Å². The molecule has 0 aliphatic heterocycles. The molecule has 0 saturated heterocycles. The van der Waals surface area contributed by atoms with Crippen molar-refractivity contribution in [3.63, 3.8) is 0 Å². The van der Waals surface area contributed by atoms with Crippen molar-refractivity contribution in [1.29, 1.82) is 0 Å². The summed E-state index contributed by atoms with van der Waals surface area (Å²) in [7, 11) is 0. The van der Waals surface area contributed by atoms with Crippen molar-refractivity contribution in [3.8, 4) is 11.4 Å². The van der Waals surface area contributed by atoms with E-state index in [-0.39, 0.29) is 18.8 Å². The smallest absolute Gasteiger partial charge is 0.321 e. The van der Waals surface area contributed by atoms with Gasteiger partial charge in [-0.3, -0.25) is 14.9 Å². The van der Waals surface area contributed by atoms with Crippen LogP contribution >= 0.6 is 11.3 Å². The van der Waals surface area contributed by atoms with Crippen LogP contribution < -0.4 is 10.6 Å². The van der Waals surface area contributed by atoms with Gasteiger partial charge in [-0.25, -0.2) is 4.79 Å². The fourth-order valence-corrected chi connectivity index (χ4v) is 2.43. The van der Waals surface area contributed by atoms with Gasteiger partial charge in [0.1, 0.15) is 0 Å². The Labute approximate surface area is 154 Å². The van der Waals surface area contributed by atoms with E-state index in [1.165, 1.54) is 11.3 Å². The maximum absolute atomic E-state index is 11.7. The number of thiophene rings is 1. The molecule has 10 heteroatoms. The molecule has 0 radical (unpaired) electrons. The van der Waals surface area contributed by atoms with E-state index in [2.05, 4.69) is 20.8 Å². The molecule has 2 aromatic heterocycles. The van der Waals surface area contributed by atoms with Gasteiger partial charge in [0.2, 0.25) is 11.7 Å². The van der Waals surface area contributed by atoms with Crippen molar-refractivity contribution in [2.45, 2.75) is 26.7 Å². The first-order valence-electron chi connectivity index (χ1n) is 8.02. The fraction of sp³-hybridized carbons (Fsp3) is 0.438. The van der Waals surface area contributed by atoms with Gasteiger partial charge in [-0.1, -0.05) is 19.0 Å². The largest absolute Gasteiger partial charge is 0.456 e. The first-order valence-corrected chi connectivity index (χ1v) is 8.96. The van der Waals surface area contributed by atoms with E-state index in [1.54, 1.807) is 0 Å². The lowest BCUT2D eigenvalue weighted by molar-refractivity contribution is -0.148. The summed E-state index contributed by atoms with van der Waals surface area (Å²) in [6.45, 7) is 3.77. The minimum absolute atomic E-state index is 0.0158. The molecule has 0 saturated carbocycles. The topological polar surface area (TPSA) is 123 Å². The van der Waals surface area contributed by atoms with Crippen LogP contribution in [0.1, 0.15) is 26.2 Å². The zero-order valence-electron chi connectivity index (χ0n) is 14.5. The number of esters is 1. The summed E-state index contributed by atoms with van der Waals surface area (Å²) in [5.41, 5.74) is 0.847. The summed E-state index contributed by atoms with van der Waals surface area (Å²) in [5.74, 6) is -0.268. The minimum Gasteiger partial charge on any atom is -0.456 e.